The first-order valence-corrected chi connectivity index (χ1v) is 11.3. The van der Waals surface area contributed by atoms with E-state index in [0.717, 1.165) is 51.4 Å². The Labute approximate surface area is 169 Å². The van der Waals surface area contributed by atoms with Gasteiger partial charge in [-0.2, -0.15) is 0 Å². The molecule has 1 aromatic heterocycles. The molecule has 2 amide bonds. The quantitative estimate of drug-likeness (QED) is 0.700. The number of carbonyl (C=O) groups excluding carboxylic acids is 2. The summed E-state index contributed by atoms with van der Waals surface area (Å²) in [6.07, 6.45) is 17.4. The Morgan fingerprint density at radius 3 is 1.71 bits per heavy atom. The van der Waals surface area contributed by atoms with Crippen molar-refractivity contribution in [3.05, 3.63) is 18.3 Å². The molecule has 2 saturated carbocycles. The molecular weight excluding hydrogens is 350 g/mol. The van der Waals surface area contributed by atoms with Crippen molar-refractivity contribution < 1.29 is 9.59 Å². The molecule has 2 N–H and O–H groups in total. The zero-order valence-electron chi connectivity index (χ0n) is 17.0. The van der Waals surface area contributed by atoms with E-state index in [1.807, 2.05) is 6.07 Å². The van der Waals surface area contributed by atoms with Crippen LogP contribution in [0.5, 0.6) is 0 Å². The molecule has 154 valence electrons. The molecule has 0 spiro atoms. The summed E-state index contributed by atoms with van der Waals surface area (Å²) < 4.78 is 0. The van der Waals surface area contributed by atoms with Crippen molar-refractivity contribution in [2.75, 3.05) is 10.6 Å². The second-order valence-electron chi connectivity index (χ2n) is 8.46. The number of aromatic nitrogens is 1. The molecule has 0 radical (unpaired) electrons. The molecule has 5 nitrogen and oxygen atoms in total. The molecule has 0 unspecified atom stereocenters. The van der Waals surface area contributed by atoms with Crippen LogP contribution in [0.2, 0.25) is 0 Å². The lowest BCUT2D eigenvalue weighted by atomic mass is 9.90. The van der Waals surface area contributed by atoms with Crippen molar-refractivity contribution >= 4 is 23.3 Å². The normalized spacial score (nSPS) is 20.3. The van der Waals surface area contributed by atoms with Gasteiger partial charge in [0.25, 0.3) is 0 Å². The van der Waals surface area contributed by atoms with Crippen LogP contribution in [-0.4, -0.2) is 16.8 Å². The fourth-order valence-corrected chi connectivity index (χ4v) is 4.50. The third kappa shape index (κ3) is 6.32. The van der Waals surface area contributed by atoms with E-state index in [2.05, 4.69) is 15.6 Å². The van der Waals surface area contributed by atoms with E-state index >= 15 is 0 Å². The summed E-state index contributed by atoms with van der Waals surface area (Å²) in [5, 5.41) is 6.04. The highest BCUT2D eigenvalue weighted by atomic mass is 16.2. The third-order valence-electron chi connectivity index (χ3n) is 6.26. The van der Waals surface area contributed by atoms with Crippen LogP contribution in [0.4, 0.5) is 11.5 Å². The predicted molar refractivity (Wildman–Crippen MR) is 113 cm³/mol. The number of nitrogens with zero attached hydrogens (tertiary/aromatic N) is 1. The van der Waals surface area contributed by atoms with Gasteiger partial charge in [-0.1, -0.05) is 64.2 Å². The SMILES string of the molecule is O=C(Nc1cccnc1NC(=O)C1CCCCCCC1)C1CCCCCCC1. The van der Waals surface area contributed by atoms with Crippen LogP contribution in [0.1, 0.15) is 89.9 Å². The maximum absolute atomic E-state index is 12.8. The molecule has 2 aliphatic rings. The summed E-state index contributed by atoms with van der Waals surface area (Å²) in [5.74, 6) is 0.707. The standard InChI is InChI=1S/C23H35N3O2/c27-22(18-12-7-3-1-4-8-13-18)25-20-16-11-17-24-21(20)26-23(28)19-14-9-5-2-6-10-15-19/h11,16-19H,1-10,12-15H2,(H,25,27)(H,24,26,28). The van der Waals surface area contributed by atoms with E-state index in [0.29, 0.717) is 11.5 Å². The van der Waals surface area contributed by atoms with E-state index < -0.39 is 0 Å². The van der Waals surface area contributed by atoms with Gasteiger partial charge in [0.2, 0.25) is 11.8 Å². The Hall–Kier alpha value is -1.91. The minimum Gasteiger partial charge on any atom is -0.323 e. The molecule has 2 aliphatic carbocycles. The van der Waals surface area contributed by atoms with Crippen LogP contribution >= 0.6 is 0 Å². The van der Waals surface area contributed by atoms with E-state index in [4.69, 9.17) is 0 Å². The van der Waals surface area contributed by atoms with Gasteiger partial charge in [0.05, 0.1) is 5.69 Å². The smallest absolute Gasteiger partial charge is 0.228 e. The maximum atomic E-state index is 12.8. The lowest BCUT2D eigenvalue weighted by Crippen LogP contribution is -2.27. The topological polar surface area (TPSA) is 71.1 Å². The molecule has 0 bridgehead atoms. The van der Waals surface area contributed by atoms with Crippen LogP contribution in [0.3, 0.4) is 0 Å². The molecule has 28 heavy (non-hydrogen) atoms. The van der Waals surface area contributed by atoms with Gasteiger partial charge in [-0.05, 0) is 37.8 Å². The van der Waals surface area contributed by atoms with E-state index in [9.17, 15) is 9.59 Å². The second kappa shape index (κ2) is 11.2. The molecule has 0 aliphatic heterocycles. The van der Waals surface area contributed by atoms with Gasteiger partial charge in [0.1, 0.15) is 0 Å². The maximum Gasteiger partial charge on any atom is 0.228 e. The highest BCUT2D eigenvalue weighted by Crippen LogP contribution is 2.27. The minimum atomic E-state index is 0.0436. The molecule has 3 rings (SSSR count). The summed E-state index contributed by atoms with van der Waals surface area (Å²) >= 11 is 0. The summed E-state index contributed by atoms with van der Waals surface area (Å²) in [7, 11) is 0. The monoisotopic (exact) mass is 385 g/mol. The highest BCUT2D eigenvalue weighted by Gasteiger charge is 2.23. The van der Waals surface area contributed by atoms with Gasteiger partial charge >= 0.3 is 0 Å². The average Bonchev–Trinajstić information content (AvgIpc) is 2.62. The molecular formula is C23H35N3O2. The fourth-order valence-electron chi connectivity index (χ4n) is 4.50. The highest BCUT2D eigenvalue weighted by molar-refractivity contribution is 5.99. The average molecular weight is 386 g/mol. The third-order valence-corrected chi connectivity index (χ3v) is 6.26. The first-order chi connectivity index (χ1) is 13.7. The van der Waals surface area contributed by atoms with Crippen molar-refractivity contribution in [3.63, 3.8) is 0 Å². The van der Waals surface area contributed by atoms with Gasteiger partial charge in [0.15, 0.2) is 5.82 Å². The van der Waals surface area contributed by atoms with Gasteiger partial charge in [0, 0.05) is 18.0 Å². The number of hydrogen-bond donors (Lipinski definition) is 2. The van der Waals surface area contributed by atoms with Crippen LogP contribution in [0.25, 0.3) is 0 Å². The zero-order chi connectivity index (χ0) is 19.6. The molecule has 5 heteroatoms. The summed E-state index contributed by atoms with van der Waals surface area (Å²) in [6, 6.07) is 3.64. The van der Waals surface area contributed by atoms with E-state index in [1.165, 1.54) is 38.5 Å². The predicted octanol–water partition coefficient (Wildman–Crippen LogP) is 5.68. The van der Waals surface area contributed by atoms with Gasteiger partial charge < -0.3 is 10.6 Å². The first-order valence-electron chi connectivity index (χ1n) is 11.3. The Bertz CT molecular complexity index is 575. The molecule has 0 atom stereocenters. The Morgan fingerprint density at radius 1 is 0.714 bits per heavy atom. The largest absolute Gasteiger partial charge is 0.323 e. The number of amides is 2. The Balaban J connectivity index is 1.61. The van der Waals surface area contributed by atoms with Crippen LogP contribution in [0, 0.1) is 11.8 Å². The molecule has 1 aromatic rings. The molecule has 2 fully saturated rings. The van der Waals surface area contributed by atoms with Crippen molar-refractivity contribution in [1.29, 1.82) is 0 Å². The number of pyridine rings is 1. The van der Waals surface area contributed by atoms with Crippen LogP contribution in [0.15, 0.2) is 18.3 Å². The van der Waals surface area contributed by atoms with Crippen LogP contribution in [-0.2, 0) is 9.59 Å². The zero-order valence-corrected chi connectivity index (χ0v) is 17.0. The number of hydrogen-bond acceptors (Lipinski definition) is 3. The minimum absolute atomic E-state index is 0.0436. The lowest BCUT2D eigenvalue weighted by molar-refractivity contribution is -0.121. The fraction of sp³-hybridized carbons (Fsp3) is 0.696. The Morgan fingerprint density at radius 2 is 1.18 bits per heavy atom. The van der Waals surface area contributed by atoms with E-state index in [1.54, 1.807) is 12.3 Å². The summed E-state index contributed by atoms with van der Waals surface area (Å²) in [5.41, 5.74) is 0.619. The lowest BCUT2D eigenvalue weighted by Gasteiger charge is -2.21. The summed E-state index contributed by atoms with van der Waals surface area (Å²) in [4.78, 5) is 29.9. The molecule has 0 saturated heterocycles. The van der Waals surface area contributed by atoms with Crippen molar-refractivity contribution in [2.45, 2.75) is 89.9 Å². The second-order valence-corrected chi connectivity index (χ2v) is 8.46. The van der Waals surface area contributed by atoms with Gasteiger partial charge in [-0.25, -0.2) is 4.98 Å². The van der Waals surface area contributed by atoms with Crippen molar-refractivity contribution in [3.8, 4) is 0 Å². The number of carbonyl (C=O) groups is 2. The van der Waals surface area contributed by atoms with Crippen molar-refractivity contribution in [2.24, 2.45) is 11.8 Å². The summed E-state index contributed by atoms with van der Waals surface area (Å²) in [6.45, 7) is 0. The van der Waals surface area contributed by atoms with E-state index in [-0.39, 0.29) is 23.7 Å². The molecule has 1 heterocycles. The van der Waals surface area contributed by atoms with Gasteiger partial charge in [-0.3, -0.25) is 9.59 Å². The number of nitrogens with one attached hydrogen (secondary N) is 2. The van der Waals surface area contributed by atoms with Gasteiger partial charge in [-0.15, -0.1) is 0 Å². The number of anilines is 2. The molecule has 0 aromatic carbocycles. The number of rotatable bonds is 4. The van der Waals surface area contributed by atoms with Crippen LogP contribution < -0.4 is 10.6 Å². The first kappa shape index (κ1) is 20.8. The van der Waals surface area contributed by atoms with Crippen molar-refractivity contribution in [1.82, 2.24) is 4.98 Å². The Kier molecular flexibility index (Phi) is 8.31.